The number of benzene rings is 1. The molecule has 0 saturated carbocycles. The summed E-state index contributed by atoms with van der Waals surface area (Å²) in [6.07, 6.45) is 6.98. The quantitative estimate of drug-likeness (QED) is 0.838. The van der Waals surface area contributed by atoms with Gasteiger partial charge in [-0.15, -0.1) is 24.0 Å². The summed E-state index contributed by atoms with van der Waals surface area (Å²) >= 11 is 0. The molecule has 0 amide bonds. The summed E-state index contributed by atoms with van der Waals surface area (Å²) in [7, 11) is 0. The van der Waals surface area contributed by atoms with Gasteiger partial charge in [-0.05, 0) is 44.3 Å². The van der Waals surface area contributed by atoms with Crippen molar-refractivity contribution in [2.45, 2.75) is 25.8 Å². The smallest absolute Gasteiger partial charge is 0.0379 e. The third-order valence-corrected chi connectivity index (χ3v) is 3.16. The maximum Gasteiger partial charge on any atom is 0.0379 e. The van der Waals surface area contributed by atoms with Gasteiger partial charge in [-0.2, -0.15) is 0 Å². The molecule has 1 N–H and O–H groups in total. The maximum atomic E-state index is 3.31. The van der Waals surface area contributed by atoms with Crippen LogP contribution in [0.2, 0.25) is 0 Å². The molecule has 3 heteroatoms. The largest absolute Gasteiger partial charge is 0.362 e. The van der Waals surface area contributed by atoms with Crippen molar-refractivity contribution in [1.29, 1.82) is 0 Å². The lowest BCUT2D eigenvalue weighted by Gasteiger charge is -2.19. The third-order valence-electron chi connectivity index (χ3n) is 3.16. The molecule has 94 valence electrons. The van der Waals surface area contributed by atoms with Gasteiger partial charge in [-0.1, -0.05) is 31.2 Å². The van der Waals surface area contributed by atoms with E-state index in [1.165, 1.54) is 19.4 Å². The minimum absolute atomic E-state index is 0. The summed E-state index contributed by atoms with van der Waals surface area (Å²) in [6, 6.07) is 10.9. The summed E-state index contributed by atoms with van der Waals surface area (Å²) in [5.74, 6) is 0. The Hall–Kier alpha value is -0.550. The molecule has 0 bridgehead atoms. The number of nitrogens with zero attached hydrogens (tertiary/aromatic N) is 1. The highest BCUT2D eigenvalue weighted by Gasteiger charge is 2.19. The first-order valence-corrected chi connectivity index (χ1v) is 6.12. The highest BCUT2D eigenvalue weighted by molar-refractivity contribution is 14.0. The molecular weight excluding hydrogens is 323 g/mol. The Morgan fingerprint density at radius 3 is 2.82 bits per heavy atom. The Balaban J connectivity index is 0.00000144. The number of para-hydroxylation sites is 1. The van der Waals surface area contributed by atoms with E-state index in [9.17, 15) is 0 Å². The molecule has 2 rings (SSSR count). The van der Waals surface area contributed by atoms with E-state index in [1.807, 2.05) is 18.2 Å². The normalized spacial score (nSPS) is 20.4. The van der Waals surface area contributed by atoms with Crippen LogP contribution in [-0.4, -0.2) is 24.0 Å². The van der Waals surface area contributed by atoms with Crippen molar-refractivity contribution in [3.63, 3.8) is 0 Å². The van der Waals surface area contributed by atoms with Crippen LogP contribution < -0.4 is 5.32 Å². The summed E-state index contributed by atoms with van der Waals surface area (Å²) in [4.78, 5) is 2.52. The zero-order valence-electron chi connectivity index (χ0n) is 10.3. The second-order valence-corrected chi connectivity index (χ2v) is 4.21. The van der Waals surface area contributed by atoms with Crippen LogP contribution in [0.1, 0.15) is 19.8 Å². The monoisotopic (exact) mass is 344 g/mol. The number of anilines is 1. The van der Waals surface area contributed by atoms with Crippen LogP contribution in [0, 0.1) is 0 Å². The topological polar surface area (TPSA) is 15.3 Å². The van der Waals surface area contributed by atoms with E-state index >= 15 is 0 Å². The van der Waals surface area contributed by atoms with E-state index in [0.29, 0.717) is 6.04 Å². The molecule has 1 aromatic rings. The molecule has 17 heavy (non-hydrogen) atoms. The highest BCUT2D eigenvalue weighted by atomic mass is 127. The minimum Gasteiger partial charge on any atom is -0.362 e. The predicted molar refractivity (Wildman–Crippen MR) is 84.9 cm³/mol. The van der Waals surface area contributed by atoms with Crippen molar-refractivity contribution in [1.82, 2.24) is 4.90 Å². The van der Waals surface area contributed by atoms with Crippen LogP contribution in [0.4, 0.5) is 5.69 Å². The first-order chi connectivity index (χ1) is 7.90. The van der Waals surface area contributed by atoms with Crippen LogP contribution in [0.15, 0.2) is 42.6 Å². The van der Waals surface area contributed by atoms with Crippen molar-refractivity contribution in [2.75, 3.05) is 18.4 Å². The molecule has 1 heterocycles. The third kappa shape index (κ3) is 4.32. The van der Waals surface area contributed by atoms with Crippen LogP contribution in [0.25, 0.3) is 0 Å². The summed E-state index contributed by atoms with van der Waals surface area (Å²) in [6.45, 7) is 4.63. The Labute approximate surface area is 121 Å². The van der Waals surface area contributed by atoms with Gasteiger partial charge in [0.15, 0.2) is 0 Å². The average molecular weight is 344 g/mol. The van der Waals surface area contributed by atoms with Crippen molar-refractivity contribution >= 4 is 29.7 Å². The maximum absolute atomic E-state index is 3.31. The average Bonchev–Trinajstić information content (AvgIpc) is 2.78. The molecule has 1 aromatic carbocycles. The van der Waals surface area contributed by atoms with Crippen molar-refractivity contribution in [3.05, 3.63) is 42.6 Å². The molecule has 1 atom stereocenters. The fraction of sp³-hybridized carbons (Fsp3) is 0.429. The van der Waals surface area contributed by atoms with Crippen molar-refractivity contribution < 1.29 is 0 Å². The number of likely N-dealkylation sites (N-methyl/N-ethyl adjacent to an activating group) is 1. The number of nitrogens with one attached hydrogen (secondary N) is 1. The first kappa shape index (κ1) is 14.5. The standard InChI is InChI=1S/C14H20N2.HI/c1-2-16-12-6-9-14(16)10-11-15-13-7-4-3-5-8-13;/h3-5,7-8,10-11,14-15H,2,6,9,12H2,1H3;1H. The molecule has 1 aliphatic heterocycles. The molecule has 2 nitrogen and oxygen atoms in total. The van der Waals surface area contributed by atoms with Crippen molar-refractivity contribution in [2.24, 2.45) is 0 Å². The van der Waals surface area contributed by atoms with Gasteiger partial charge >= 0.3 is 0 Å². The lowest BCUT2D eigenvalue weighted by molar-refractivity contribution is 0.306. The van der Waals surface area contributed by atoms with Gasteiger partial charge in [0.25, 0.3) is 0 Å². The van der Waals surface area contributed by atoms with Crippen LogP contribution >= 0.6 is 24.0 Å². The summed E-state index contributed by atoms with van der Waals surface area (Å²) in [5, 5.41) is 3.31. The molecule has 1 saturated heterocycles. The Kier molecular flexibility index (Phi) is 6.58. The Morgan fingerprint density at radius 2 is 2.12 bits per heavy atom. The molecule has 1 fully saturated rings. The van der Waals surface area contributed by atoms with E-state index in [0.717, 1.165) is 12.2 Å². The molecule has 0 radical (unpaired) electrons. The van der Waals surface area contributed by atoms with Gasteiger partial charge in [0.2, 0.25) is 0 Å². The first-order valence-electron chi connectivity index (χ1n) is 6.12. The predicted octanol–water partition coefficient (Wildman–Crippen LogP) is 3.71. The molecule has 0 spiro atoms. The van der Waals surface area contributed by atoms with Crippen LogP contribution in [0.3, 0.4) is 0 Å². The number of rotatable bonds is 4. The SMILES string of the molecule is CCN1CCCC1C=CNc1ccccc1.I. The van der Waals surface area contributed by atoms with E-state index in [4.69, 9.17) is 0 Å². The lowest BCUT2D eigenvalue weighted by atomic mass is 10.2. The van der Waals surface area contributed by atoms with E-state index < -0.39 is 0 Å². The lowest BCUT2D eigenvalue weighted by Crippen LogP contribution is -2.27. The fourth-order valence-corrected chi connectivity index (χ4v) is 2.25. The minimum atomic E-state index is 0. The molecule has 0 aromatic heterocycles. The molecule has 1 unspecified atom stereocenters. The Bertz CT molecular complexity index is 337. The summed E-state index contributed by atoms with van der Waals surface area (Å²) in [5.41, 5.74) is 1.15. The second kappa shape index (κ2) is 7.71. The fourth-order valence-electron chi connectivity index (χ4n) is 2.25. The number of halogens is 1. The zero-order valence-corrected chi connectivity index (χ0v) is 12.6. The van der Waals surface area contributed by atoms with Gasteiger partial charge in [-0.25, -0.2) is 0 Å². The molecule has 0 aliphatic carbocycles. The number of hydrogen-bond donors (Lipinski definition) is 1. The zero-order chi connectivity index (χ0) is 11.2. The van der Waals surface area contributed by atoms with Gasteiger partial charge in [-0.3, -0.25) is 4.90 Å². The van der Waals surface area contributed by atoms with Gasteiger partial charge in [0.05, 0.1) is 0 Å². The Morgan fingerprint density at radius 1 is 1.35 bits per heavy atom. The van der Waals surface area contributed by atoms with Gasteiger partial charge < -0.3 is 5.32 Å². The summed E-state index contributed by atoms with van der Waals surface area (Å²) < 4.78 is 0. The number of hydrogen-bond acceptors (Lipinski definition) is 2. The van der Waals surface area contributed by atoms with Crippen LogP contribution in [0.5, 0.6) is 0 Å². The second-order valence-electron chi connectivity index (χ2n) is 4.21. The van der Waals surface area contributed by atoms with Crippen molar-refractivity contribution in [3.8, 4) is 0 Å². The van der Waals surface area contributed by atoms with Crippen LogP contribution in [-0.2, 0) is 0 Å². The van der Waals surface area contributed by atoms with E-state index in [2.05, 4.69) is 41.5 Å². The van der Waals surface area contributed by atoms with Gasteiger partial charge in [0.1, 0.15) is 0 Å². The number of likely N-dealkylation sites (tertiary alicyclic amines) is 1. The van der Waals surface area contributed by atoms with Gasteiger partial charge in [0, 0.05) is 11.7 Å². The molecule has 1 aliphatic rings. The molecular formula is C14H21IN2. The highest BCUT2D eigenvalue weighted by Crippen LogP contribution is 2.17. The van der Waals surface area contributed by atoms with E-state index in [-0.39, 0.29) is 24.0 Å². The van der Waals surface area contributed by atoms with E-state index in [1.54, 1.807) is 0 Å².